The highest BCUT2D eigenvalue weighted by Crippen LogP contribution is 2.37. The Morgan fingerprint density at radius 3 is 2.62 bits per heavy atom. The molecule has 0 aromatic carbocycles. The summed E-state index contributed by atoms with van der Waals surface area (Å²) in [7, 11) is 0. The average Bonchev–Trinajstić information content (AvgIpc) is 2.46. The first-order chi connectivity index (χ1) is 9.89. The van der Waals surface area contributed by atoms with Crippen molar-refractivity contribution in [3.8, 4) is 6.07 Å². The summed E-state index contributed by atoms with van der Waals surface area (Å²) in [5, 5.41) is 9.79. The monoisotopic (exact) mass is 287 g/mol. The van der Waals surface area contributed by atoms with Gasteiger partial charge in [-0.25, -0.2) is 4.79 Å². The van der Waals surface area contributed by atoms with E-state index in [1.165, 1.54) is 0 Å². The van der Waals surface area contributed by atoms with Crippen molar-refractivity contribution >= 4 is 6.09 Å². The first-order valence-electron chi connectivity index (χ1n) is 7.21. The molecule has 0 saturated carbocycles. The molecule has 0 N–H and O–H groups in total. The molecule has 1 aliphatic heterocycles. The van der Waals surface area contributed by atoms with Crippen LogP contribution in [0.3, 0.4) is 0 Å². The van der Waals surface area contributed by atoms with Crippen molar-refractivity contribution < 1.29 is 9.53 Å². The summed E-state index contributed by atoms with van der Waals surface area (Å²) in [4.78, 5) is 18.1. The topological polar surface area (TPSA) is 66.2 Å². The molecule has 2 heterocycles. The summed E-state index contributed by atoms with van der Waals surface area (Å²) >= 11 is 0. The number of rotatable bonds is 1. The molecule has 112 valence electrons. The number of pyridine rings is 1. The quantitative estimate of drug-likeness (QED) is 0.795. The third kappa shape index (κ3) is 3.15. The van der Waals surface area contributed by atoms with Gasteiger partial charge in [0.15, 0.2) is 5.54 Å². The zero-order valence-electron chi connectivity index (χ0n) is 12.8. The minimum Gasteiger partial charge on any atom is -0.444 e. The van der Waals surface area contributed by atoms with Crippen molar-refractivity contribution in [3.05, 3.63) is 30.1 Å². The van der Waals surface area contributed by atoms with Crippen LogP contribution in [0.1, 0.15) is 45.6 Å². The van der Waals surface area contributed by atoms with Crippen molar-refractivity contribution in [2.75, 3.05) is 6.54 Å². The Labute approximate surface area is 125 Å². The van der Waals surface area contributed by atoms with Crippen LogP contribution in [0.2, 0.25) is 0 Å². The lowest BCUT2D eigenvalue weighted by Crippen LogP contribution is -2.53. The number of nitrogens with zero attached hydrogens (tertiary/aromatic N) is 3. The van der Waals surface area contributed by atoms with E-state index in [-0.39, 0.29) is 0 Å². The molecule has 0 bridgehead atoms. The van der Waals surface area contributed by atoms with Crippen molar-refractivity contribution in [3.63, 3.8) is 0 Å². The third-order valence-corrected chi connectivity index (χ3v) is 3.59. The maximum Gasteiger partial charge on any atom is 0.411 e. The minimum absolute atomic E-state index is 0.430. The van der Waals surface area contributed by atoms with Gasteiger partial charge in [-0.05, 0) is 57.7 Å². The summed E-state index contributed by atoms with van der Waals surface area (Å²) in [6.45, 7) is 6.02. The molecule has 1 aromatic rings. The molecule has 1 aliphatic rings. The van der Waals surface area contributed by atoms with E-state index in [1.54, 1.807) is 29.4 Å². The summed E-state index contributed by atoms with van der Waals surface area (Å²) in [5.41, 5.74) is -0.733. The lowest BCUT2D eigenvalue weighted by molar-refractivity contribution is -0.00352. The Bertz CT molecular complexity index is 545. The molecule has 1 unspecified atom stereocenters. The molecule has 0 spiro atoms. The smallest absolute Gasteiger partial charge is 0.411 e. The summed E-state index contributed by atoms with van der Waals surface area (Å²) < 4.78 is 5.48. The Morgan fingerprint density at radius 1 is 1.38 bits per heavy atom. The van der Waals surface area contributed by atoms with Gasteiger partial charge in [0.1, 0.15) is 5.60 Å². The van der Waals surface area contributed by atoms with Gasteiger partial charge in [-0.15, -0.1) is 0 Å². The van der Waals surface area contributed by atoms with Crippen LogP contribution in [0.4, 0.5) is 4.79 Å². The number of amides is 1. The molecule has 1 amide bonds. The normalized spacial score (nSPS) is 22.5. The zero-order valence-corrected chi connectivity index (χ0v) is 12.8. The number of carbonyl (C=O) groups excluding carboxylic acids is 1. The van der Waals surface area contributed by atoms with E-state index < -0.39 is 17.2 Å². The Balaban J connectivity index is 2.38. The van der Waals surface area contributed by atoms with E-state index in [0.29, 0.717) is 13.0 Å². The van der Waals surface area contributed by atoms with E-state index in [4.69, 9.17) is 4.74 Å². The Kier molecular flexibility index (Phi) is 4.17. The summed E-state index contributed by atoms with van der Waals surface area (Å²) in [5.74, 6) is 0. The van der Waals surface area contributed by atoms with Gasteiger partial charge in [0, 0.05) is 18.9 Å². The molecule has 21 heavy (non-hydrogen) atoms. The van der Waals surface area contributed by atoms with Crippen LogP contribution in [0, 0.1) is 11.3 Å². The van der Waals surface area contributed by atoms with E-state index in [1.807, 2.05) is 20.8 Å². The first kappa shape index (κ1) is 15.3. The molecule has 0 aliphatic carbocycles. The van der Waals surface area contributed by atoms with Crippen molar-refractivity contribution in [1.82, 2.24) is 9.88 Å². The van der Waals surface area contributed by atoms with Crippen LogP contribution in [0.25, 0.3) is 0 Å². The number of aromatic nitrogens is 1. The number of nitriles is 1. The van der Waals surface area contributed by atoms with Gasteiger partial charge in [-0.3, -0.25) is 9.88 Å². The van der Waals surface area contributed by atoms with E-state index in [0.717, 1.165) is 18.4 Å². The second kappa shape index (κ2) is 5.72. The molecule has 5 nitrogen and oxygen atoms in total. The highest BCUT2D eigenvalue weighted by molar-refractivity contribution is 5.70. The standard InChI is InChI=1S/C16H21N3O2/c1-15(2,3)21-14(20)19-11-5-4-8-16(19,12-17)13-6-9-18-10-7-13/h6-7,9-10H,4-5,8,11H2,1-3H3. The van der Waals surface area contributed by atoms with Gasteiger partial charge < -0.3 is 4.74 Å². The minimum atomic E-state index is -0.955. The third-order valence-electron chi connectivity index (χ3n) is 3.59. The molecule has 1 fully saturated rings. The second-order valence-electron chi connectivity index (χ2n) is 6.30. The summed E-state index contributed by atoms with van der Waals surface area (Å²) in [6, 6.07) is 5.94. The van der Waals surface area contributed by atoms with Crippen molar-refractivity contribution in [1.29, 1.82) is 5.26 Å². The molecule has 0 radical (unpaired) electrons. The van der Waals surface area contributed by atoms with Gasteiger partial charge in [0.05, 0.1) is 6.07 Å². The van der Waals surface area contributed by atoms with Gasteiger partial charge in [0.25, 0.3) is 0 Å². The zero-order chi connectivity index (χ0) is 15.5. The fourth-order valence-corrected chi connectivity index (χ4v) is 2.65. The predicted molar refractivity (Wildman–Crippen MR) is 78.3 cm³/mol. The van der Waals surface area contributed by atoms with E-state index in [2.05, 4.69) is 11.1 Å². The van der Waals surface area contributed by atoms with Gasteiger partial charge >= 0.3 is 6.09 Å². The van der Waals surface area contributed by atoms with Crippen LogP contribution in [-0.4, -0.2) is 28.1 Å². The number of hydrogen-bond acceptors (Lipinski definition) is 4. The van der Waals surface area contributed by atoms with Crippen LogP contribution in [0.15, 0.2) is 24.5 Å². The lowest BCUT2D eigenvalue weighted by Gasteiger charge is -2.42. The van der Waals surface area contributed by atoms with Crippen LogP contribution < -0.4 is 0 Å². The van der Waals surface area contributed by atoms with Crippen LogP contribution in [-0.2, 0) is 10.3 Å². The number of hydrogen-bond donors (Lipinski definition) is 0. The van der Waals surface area contributed by atoms with Gasteiger partial charge in [-0.2, -0.15) is 5.26 Å². The molecule has 1 atom stereocenters. The number of carbonyl (C=O) groups is 1. The molecule has 2 rings (SSSR count). The van der Waals surface area contributed by atoms with Gasteiger partial charge in [-0.1, -0.05) is 0 Å². The number of likely N-dealkylation sites (tertiary alicyclic amines) is 1. The average molecular weight is 287 g/mol. The number of piperidine rings is 1. The van der Waals surface area contributed by atoms with E-state index >= 15 is 0 Å². The van der Waals surface area contributed by atoms with Crippen LogP contribution >= 0.6 is 0 Å². The Morgan fingerprint density at radius 2 is 2.05 bits per heavy atom. The lowest BCUT2D eigenvalue weighted by atomic mass is 9.82. The maximum absolute atomic E-state index is 12.5. The first-order valence-corrected chi connectivity index (χ1v) is 7.21. The highest BCUT2D eigenvalue weighted by atomic mass is 16.6. The molecule has 1 aromatic heterocycles. The predicted octanol–water partition coefficient (Wildman–Crippen LogP) is 3.22. The largest absolute Gasteiger partial charge is 0.444 e. The van der Waals surface area contributed by atoms with Crippen molar-refractivity contribution in [2.45, 2.75) is 51.2 Å². The molecular formula is C16H21N3O2. The fourth-order valence-electron chi connectivity index (χ4n) is 2.65. The second-order valence-corrected chi connectivity index (χ2v) is 6.30. The highest BCUT2D eigenvalue weighted by Gasteiger charge is 2.45. The number of ether oxygens (including phenoxy) is 1. The molecule has 5 heteroatoms. The van der Waals surface area contributed by atoms with Crippen molar-refractivity contribution in [2.24, 2.45) is 0 Å². The maximum atomic E-state index is 12.5. The summed E-state index contributed by atoms with van der Waals surface area (Å²) in [6.07, 6.45) is 5.28. The van der Waals surface area contributed by atoms with Gasteiger partial charge in [0.2, 0.25) is 0 Å². The SMILES string of the molecule is CC(C)(C)OC(=O)N1CCCCC1(C#N)c1ccncc1. The van der Waals surface area contributed by atoms with Crippen LogP contribution in [0.5, 0.6) is 0 Å². The molecule has 1 saturated heterocycles. The fraction of sp³-hybridized carbons (Fsp3) is 0.562. The Hall–Kier alpha value is -2.09. The van der Waals surface area contributed by atoms with E-state index in [9.17, 15) is 10.1 Å². The molecular weight excluding hydrogens is 266 g/mol.